The van der Waals surface area contributed by atoms with Crippen LogP contribution in [-0.4, -0.2) is 26.4 Å². The van der Waals surface area contributed by atoms with Gasteiger partial charge in [-0.3, -0.25) is 0 Å². The van der Waals surface area contributed by atoms with E-state index in [-0.39, 0.29) is 21.4 Å². The van der Waals surface area contributed by atoms with E-state index in [4.69, 9.17) is 29.0 Å². The van der Waals surface area contributed by atoms with Gasteiger partial charge in [0.15, 0.2) is 5.82 Å². The molecule has 0 unspecified atom stereocenters. The fourth-order valence-electron chi connectivity index (χ4n) is 1.39. The molecule has 0 aliphatic carbocycles. The molecule has 0 atom stereocenters. The highest BCUT2D eigenvalue weighted by Crippen LogP contribution is 2.28. The van der Waals surface area contributed by atoms with Crippen molar-refractivity contribution in [1.82, 2.24) is 15.0 Å². The van der Waals surface area contributed by atoms with E-state index in [9.17, 15) is 18.3 Å². The molecule has 2 aromatic rings. The molecule has 6 nitrogen and oxygen atoms in total. The summed E-state index contributed by atoms with van der Waals surface area (Å²) in [6.07, 6.45) is -4.92. The molecule has 0 bridgehead atoms. The standard InChI is InChI=1S/C10H6Cl2F3N5O/c11-5-1-4(2-6(12)3-5)7-17-8(19-9(21)18-7)20(16)10(13,14)15/h1-3H,16H2,(H,17,18,19,21). The molecule has 0 aliphatic rings. The van der Waals surface area contributed by atoms with Gasteiger partial charge >= 0.3 is 12.3 Å². The summed E-state index contributed by atoms with van der Waals surface area (Å²) in [5.41, 5.74) is 0.196. The number of rotatable bonds is 2. The van der Waals surface area contributed by atoms with Gasteiger partial charge in [0.2, 0.25) is 0 Å². The number of hydrogen-bond acceptors (Lipinski definition) is 6. The maximum absolute atomic E-state index is 12.5. The summed E-state index contributed by atoms with van der Waals surface area (Å²) in [5, 5.41) is 9.13. The normalized spacial score (nSPS) is 11.5. The number of alkyl halides is 3. The lowest BCUT2D eigenvalue weighted by Gasteiger charge is -2.19. The monoisotopic (exact) mass is 339 g/mol. The van der Waals surface area contributed by atoms with Crippen molar-refractivity contribution in [3.63, 3.8) is 0 Å². The molecular formula is C10H6Cl2F3N5O. The van der Waals surface area contributed by atoms with Gasteiger partial charge in [0.1, 0.15) is 0 Å². The van der Waals surface area contributed by atoms with Crippen LogP contribution in [0, 0.1) is 0 Å². The highest BCUT2D eigenvalue weighted by atomic mass is 35.5. The van der Waals surface area contributed by atoms with Gasteiger partial charge in [-0.05, 0) is 18.2 Å². The first kappa shape index (κ1) is 15.5. The molecule has 0 radical (unpaired) electrons. The SMILES string of the molecule is NN(c1nc(O)nc(-c2cc(Cl)cc(Cl)c2)n1)C(F)(F)F. The molecule has 2 rings (SSSR count). The second-order valence-electron chi connectivity index (χ2n) is 3.75. The van der Waals surface area contributed by atoms with Gasteiger partial charge in [0.05, 0.1) is 0 Å². The third-order valence-electron chi connectivity index (χ3n) is 2.22. The zero-order chi connectivity index (χ0) is 15.8. The Balaban J connectivity index is 2.53. The summed E-state index contributed by atoms with van der Waals surface area (Å²) in [7, 11) is 0. The number of aromatic hydroxyl groups is 1. The lowest BCUT2D eigenvalue weighted by Crippen LogP contribution is -2.45. The Hall–Kier alpha value is -1.84. The molecule has 1 aromatic carbocycles. The van der Waals surface area contributed by atoms with Gasteiger partial charge in [-0.25, -0.2) is 5.84 Å². The number of anilines is 1. The van der Waals surface area contributed by atoms with Crippen LogP contribution in [-0.2, 0) is 0 Å². The van der Waals surface area contributed by atoms with Crippen molar-refractivity contribution in [2.75, 3.05) is 5.01 Å². The summed E-state index contributed by atoms with van der Waals surface area (Å²) in [4.78, 5) is 10.2. The van der Waals surface area contributed by atoms with Gasteiger partial charge in [-0.2, -0.15) is 20.0 Å². The summed E-state index contributed by atoms with van der Waals surface area (Å²) >= 11 is 11.6. The zero-order valence-electron chi connectivity index (χ0n) is 9.94. The van der Waals surface area contributed by atoms with E-state index >= 15 is 0 Å². The van der Waals surface area contributed by atoms with E-state index in [0.717, 1.165) is 0 Å². The average molecular weight is 340 g/mol. The van der Waals surface area contributed by atoms with Crippen LogP contribution in [0.3, 0.4) is 0 Å². The smallest absolute Gasteiger partial charge is 0.479 e. The van der Waals surface area contributed by atoms with E-state index < -0.39 is 23.3 Å². The second-order valence-corrected chi connectivity index (χ2v) is 4.63. The molecular weight excluding hydrogens is 334 g/mol. The molecule has 0 saturated heterocycles. The molecule has 21 heavy (non-hydrogen) atoms. The van der Waals surface area contributed by atoms with E-state index in [1.165, 1.54) is 18.2 Å². The van der Waals surface area contributed by atoms with E-state index in [0.29, 0.717) is 0 Å². The number of nitrogens with zero attached hydrogens (tertiary/aromatic N) is 4. The van der Waals surface area contributed by atoms with Gasteiger partial charge in [0, 0.05) is 15.6 Å². The Morgan fingerprint density at radius 3 is 2.14 bits per heavy atom. The second kappa shape index (κ2) is 5.51. The lowest BCUT2D eigenvalue weighted by molar-refractivity contribution is -0.130. The van der Waals surface area contributed by atoms with E-state index in [1.807, 2.05) is 0 Å². The maximum Gasteiger partial charge on any atom is 0.501 e. The third kappa shape index (κ3) is 3.63. The Bertz CT molecular complexity index is 662. The highest BCUT2D eigenvalue weighted by Gasteiger charge is 2.38. The van der Waals surface area contributed by atoms with Crippen molar-refractivity contribution in [3.8, 4) is 17.4 Å². The van der Waals surface area contributed by atoms with Crippen molar-refractivity contribution >= 4 is 29.2 Å². The van der Waals surface area contributed by atoms with Crippen LogP contribution in [0.1, 0.15) is 0 Å². The first-order valence-electron chi connectivity index (χ1n) is 5.20. The van der Waals surface area contributed by atoms with Crippen LogP contribution in [0.5, 0.6) is 6.01 Å². The van der Waals surface area contributed by atoms with Crippen molar-refractivity contribution in [2.24, 2.45) is 5.84 Å². The predicted octanol–water partition coefficient (Wildman–Crippen LogP) is 2.75. The quantitative estimate of drug-likeness (QED) is 0.497. The predicted molar refractivity (Wildman–Crippen MR) is 69.7 cm³/mol. The minimum absolute atomic E-state index is 0.196. The average Bonchev–Trinajstić information content (AvgIpc) is 2.34. The molecule has 1 heterocycles. The van der Waals surface area contributed by atoms with Crippen molar-refractivity contribution in [3.05, 3.63) is 28.2 Å². The van der Waals surface area contributed by atoms with Gasteiger partial charge in [-0.15, -0.1) is 13.2 Å². The summed E-state index contributed by atoms with van der Waals surface area (Å²) < 4.78 is 37.5. The third-order valence-corrected chi connectivity index (χ3v) is 2.66. The van der Waals surface area contributed by atoms with Gasteiger partial charge in [0.25, 0.3) is 5.95 Å². The summed E-state index contributed by atoms with van der Waals surface area (Å²) in [6, 6.07) is 3.21. The van der Waals surface area contributed by atoms with Crippen LogP contribution in [0.15, 0.2) is 18.2 Å². The minimum atomic E-state index is -4.92. The number of aromatic nitrogens is 3. The number of hydrogen-bond donors (Lipinski definition) is 2. The van der Waals surface area contributed by atoms with Gasteiger partial charge < -0.3 is 5.11 Å². The Kier molecular flexibility index (Phi) is 4.08. The fraction of sp³-hybridized carbons (Fsp3) is 0.100. The topological polar surface area (TPSA) is 88.2 Å². The maximum atomic E-state index is 12.5. The first-order chi connectivity index (χ1) is 9.66. The Morgan fingerprint density at radius 1 is 1.05 bits per heavy atom. The Morgan fingerprint density at radius 2 is 1.62 bits per heavy atom. The number of benzene rings is 1. The van der Waals surface area contributed by atoms with Crippen molar-refractivity contribution in [2.45, 2.75) is 6.30 Å². The molecule has 0 saturated carbocycles. The van der Waals surface area contributed by atoms with Crippen LogP contribution < -0.4 is 10.9 Å². The highest BCUT2D eigenvalue weighted by molar-refractivity contribution is 6.35. The van der Waals surface area contributed by atoms with Crippen molar-refractivity contribution < 1.29 is 18.3 Å². The van der Waals surface area contributed by atoms with Crippen LogP contribution in [0.4, 0.5) is 19.1 Å². The minimum Gasteiger partial charge on any atom is -0.479 e. The van der Waals surface area contributed by atoms with Crippen LogP contribution in [0.2, 0.25) is 10.0 Å². The van der Waals surface area contributed by atoms with E-state index in [1.54, 1.807) is 0 Å². The lowest BCUT2D eigenvalue weighted by atomic mass is 10.2. The number of hydrazine groups is 1. The Labute approximate surface area is 125 Å². The van der Waals surface area contributed by atoms with Crippen LogP contribution >= 0.6 is 23.2 Å². The van der Waals surface area contributed by atoms with Crippen molar-refractivity contribution in [1.29, 1.82) is 0 Å². The van der Waals surface area contributed by atoms with Gasteiger partial charge in [-0.1, -0.05) is 23.2 Å². The summed E-state index contributed by atoms with van der Waals surface area (Å²) in [5.74, 6) is 3.61. The number of nitrogens with two attached hydrogens (primary N) is 1. The van der Waals surface area contributed by atoms with E-state index in [2.05, 4.69) is 15.0 Å². The molecule has 0 amide bonds. The molecule has 0 spiro atoms. The van der Waals surface area contributed by atoms with Crippen LogP contribution in [0.25, 0.3) is 11.4 Å². The molecule has 112 valence electrons. The summed E-state index contributed by atoms with van der Waals surface area (Å²) in [6.45, 7) is 0. The zero-order valence-corrected chi connectivity index (χ0v) is 11.4. The molecule has 1 aromatic heterocycles. The fourth-order valence-corrected chi connectivity index (χ4v) is 1.91. The number of halogens is 5. The molecule has 3 N–H and O–H groups in total. The first-order valence-corrected chi connectivity index (χ1v) is 5.95. The molecule has 11 heteroatoms. The largest absolute Gasteiger partial charge is 0.501 e. The molecule has 0 aliphatic heterocycles. The molecule has 0 fully saturated rings.